The van der Waals surface area contributed by atoms with E-state index < -0.39 is 12.0 Å². The summed E-state index contributed by atoms with van der Waals surface area (Å²) in [5.74, 6) is -0.251. The van der Waals surface area contributed by atoms with Gasteiger partial charge in [0.1, 0.15) is 5.75 Å². The summed E-state index contributed by atoms with van der Waals surface area (Å²) < 4.78 is 5.47. The molecule has 0 fully saturated rings. The van der Waals surface area contributed by atoms with Crippen LogP contribution in [0.25, 0.3) is 0 Å². The van der Waals surface area contributed by atoms with Gasteiger partial charge < -0.3 is 15.2 Å². The summed E-state index contributed by atoms with van der Waals surface area (Å²) in [5, 5.41) is 12.0. The molecule has 0 bridgehead atoms. The molecule has 3 rings (SSSR count). The maximum Gasteiger partial charge on any atom is 0.305 e. The van der Waals surface area contributed by atoms with Crippen LogP contribution in [0.3, 0.4) is 0 Å². The number of aryl methyl sites for hydroxylation is 1. The second-order valence-electron chi connectivity index (χ2n) is 6.35. The molecule has 5 nitrogen and oxygen atoms in total. The molecular weight excluding hydrogens is 318 g/mol. The fraction of sp³-hybridized carbons (Fsp3) is 0.300. The Morgan fingerprint density at radius 2 is 1.96 bits per heavy atom. The lowest BCUT2D eigenvalue weighted by atomic mass is 10.0. The molecule has 1 heterocycles. The highest BCUT2D eigenvalue weighted by atomic mass is 16.5. The van der Waals surface area contributed by atoms with E-state index in [0.29, 0.717) is 6.61 Å². The average molecular weight is 339 g/mol. The Bertz CT molecular complexity index is 783. The van der Waals surface area contributed by atoms with Gasteiger partial charge in [-0.15, -0.1) is 0 Å². The summed E-state index contributed by atoms with van der Waals surface area (Å²) in [4.78, 5) is 23.6. The molecule has 2 aromatic rings. The van der Waals surface area contributed by atoms with E-state index in [-0.39, 0.29) is 18.7 Å². The van der Waals surface area contributed by atoms with Gasteiger partial charge in [-0.05, 0) is 29.7 Å². The molecule has 130 valence electrons. The molecular formula is C20H21NO4. The van der Waals surface area contributed by atoms with Crippen molar-refractivity contribution in [3.63, 3.8) is 0 Å². The van der Waals surface area contributed by atoms with Gasteiger partial charge in [-0.1, -0.05) is 42.0 Å². The van der Waals surface area contributed by atoms with Crippen molar-refractivity contribution >= 4 is 11.9 Å². The minimum absolute atomic E-state index is 0.146. The monoisotopic (exact) mass is 339 g/mol. The number of hydrogen-bond acceptors (Lipinski definition) is 3. The lowest BCUT2D eigenvalue weighted by molar-refractivity contribution is -0.137. The molecule has 1 atom stereocenters. The maximum absolute atomic E-state index is 12.4. The summed E-state index contributed by atoms with van der Waals surface area (Å²) >= 11 is 0. The van der Waals surface area contributed by atoms with Crippen molar-refractivity contribution in [1.82, 2.24) is 5.32 Å². The van der Waals surface area contributed by atoms with Crippen LogP contribution in [0.5, 0.6) is 5.75 Å². The smallest absolute Gasteiger partial charge is 0.305 e. The second-order valence-corrected chi connectivity index (χ2v) is 6.35. The van der Waals surface area contributed by atoms with Crippen LogP contribution in [0.4, 0.5) is 0 Å². The second kappa shape index (κ2) is 7.38. The summed E-state index contributed by atoms with van der Waals surface area (Å²) in [6.45, 7) is 2.64. The van der Waals surface area contributed by atoms with Crippen molar-refractivity contribution < 1.29 is 19.4 Å². The number of rotatable bonds is 6. The van der Waals surface area contributed by atoms with Gasteiger partial charge in [0.2, 0.25) is 5.91 Å². The molecule has 1 amide bonds. The van der Waals surface area contributed by atoms with Crippen molar-refractivity contribution in [3.05, 3.63) is 64.7 Å². The number of nitrogens with one attached hydrogen (secondary N) is 1. The van der Waals surface area contributed by atoms with Crippen LogP contribution in [0.2, 0.25) is 0 Å². The lowest BCUT2D eigenvalue weighted by Gasteiger charge is -2.18. The number of hydrogen-bond donors (Lipinski definition) is 2. The number of carboxylic acid groups (broad SMARTS) is 1. The number of ether oxygens (including phenoxy) is 1. The van der Waals surface area contributed by atoms with Gasteiger partial charge in [0, 0.05) is 6.42 Å². The SMILES string of the molecule is Cc1ccc(C(CC(=O)O)NC(=O)Cc2ccc3c(c2)CCO3)cc1. The maximum atomic E-state index is 12.4. The Morgan fingerprint density at radius 1 is 1.20 bits per heavy atom. The Balaban J connectivity index is 1.69. The van der Waals surface area contributed by atoms with Crippen molar-refractivity contribution in [1.29, 1.82) is 0 Å². The first-order valence-corrected chi connectivity index (χ1v) is 8.33. The Morgan fingerprint density at radius 3 is 2.68 bits per heavy atom. The zero-order valence-electron chi connectivity index (χ0n) is 14.1. The normalized spacial score (nSPS) is 13.6. The summed E-state index contributed by atoms with van der Waals surface area (Å²) in [5.41, 5.74) is 3.90. The first-order valence-electron chi connectivity index (χ1n) is 8.33. The molecule has 0 aromatic heterocycles. The number of amides is 1. The highest BCUT2D eigenvalue weighted by Gasteiger charge is 2.19. The molecule has 1 aliphatic rings. The zero-order chi connectivity index (χ0) is 17.8. The van der Waals surface area contributed by atoms with E-state index in [1.165, 1.54) is 0 Å². The van der Waals surface area contributed by atoms with E-state index in [2.05, 4.69) is 5.32 Å². The van der Waals surface area contributed by atoms with Crippen molar-refractivity contribution in [2.45, 2.75) is 32.2 Å². The molecule has 0 radical (unpaired) electrons. The third kappa shape index (κ3) is 4.38. The van der Waals surface area contributed by atoms with E-state index in [1.54, 1.807) is 0 Å². The Hall–Kier alpha value is -2.82. The minimum Gasteiger partial charge on any atom is -0.493 e. The fourth-order valence-electron chi connectivity index (χ4n) is 3.01. The van der Waals surface area contributed by atoms with Gasteiger partial charge in [0.05, 0.1) is 25.5 Å². The minimum atomic E-state index is -0.944. The number of fused-ring (bicyclic) bond motifs is 1. The molecule has 1 unspecified atom stereocenters. The van der Waals surface area contributed by atoms with Crippen LogP contribution in [0, 0.1) is 6.92 Å². The molecule has 25 heavy (non-hydrogen) atoms. The van der Waals surface area contributed by atoms with Crippen LogP contribution in [0.15, 0.2) is 42.5 Å². The Labute approximate surface area is 146 Å². The molecule has 2 aromatic carbocycles. The Kier molecular flexibility index (Phi) is 5.03. The number of carbonyl (C=O) groups excluding carboxylic acids is 1. The molecule has 0 saturated heterocycles. The van der Waals surface area contributed by atoms with Crippen LogP contribution in [-0.2, 0) is 22.4 Å². The zero-order valence-corrected chi connectivity index (χ0v) is 14.1. The summed E-state index contributed by atoms with van der Waals surface area (Å²) in [7, 11) is 0. The van der Waals surface area contributed by atoms with E-state index in [4.69, 9.17) is 9.84 Å². The number of aliphatic carboxylic acids is 1. The van der Waals surface area contributed by atoms with Crippen molar-refractivity contribution in [2.24, 2.45) is 0 Å². The number of carboxylic acids is 1. The fourth-order valence-corrected chi connectivity index (χ4v) is 3.01. The van der Waals surface area contributed by atoms with Gasteiger partial charge in [0.15, 0.2) is 0 Å². The van der Waals surface area contributed by atoms with Crippen molar-refractivity contribution in [3.8, 4) is 5.75 Å². The third-order valence-electron chi connectivity index (χ3n) is 4.31. The standard InChI is InChI=1S/C20H21NO4/c1-13-2-5-15(6-3-13)17(12-20(23)24)21-19(22)11-14-4-7-18-16(10-14)8-9-25-18/h2-7,10,17H,8-9,11-12H2,1H3,(H,21,22)(H,23,24). The van der Waals surface area contributed by atoms with E-state index >= 15 is 0 Å². The van der Waals surface area contributed by atoms with Crippen LogP contribution >= 0.6 is 0 Å². The highest BCUT2D eigenvalue weighted by Crippen LogP contribution is 2.26. The lowest BCUT2D eigenvalue weighted by Crippen LogP contribution is -2.31. The first kappa shape index (κ1) is 17.0. The third-order valence-corrected chi connectivity index (χ3v) is 4.31. The molecule has 0 aliphatic carbocycles. The van der Waals surface area contributed by atoms with Crippen LogP contribution in [0.1, 0.15) is 34.7 Å². The predicted octanol–water partition coefficient (Wildman–Crippen LogP) is 2.80. The van der Waals surface area contributed by atoms with Crippen LogP contribution in [-0.4, -0.2) is 23.6 Å². The number of benzene rings is 2. The van der Waals surface area contributed by atoms with E-state index in [0.717, 1.165) is 34.4 Å². The molecule has 2 N–H and O–H groups in total. The highest BCUT2D eigenvalue weighted by molar-refractivity contribution is 5.80. The average Bonchev–Trinajstić information content (AvgIpc) is 3.02. The molecule has 5 heteroatoms. The quantitative estimate of drug-likeness (QED) is 0.848. The van der Waals surface area contributed by atoms with Gasteiger partial charge in [-0.2, -0.15) is 0 Å². The first-order chi connectivity index (χ1) is 12.0. The molecule has 0 spiro atoms. The largest absolute Gasteiger partial charge is 0.493 e. The van der Waals surface area contributed by atoms with E-state index in [9.17, 15) is 9.59 Å². The van der Waals surface area contributed by atoms with Gasteiger partial charge in [-0.25, -0.2) is 0 Å². The van der Waals surface area contributed by atoms with Gasteiger partial charge in [0.25, 0.3) is 0 Å². The topological polar surface area (TPSA) is 75.6 Å². The van der Waals surface area contributed by atoms with Crippen LogP contribution < -0.4 is 10.1 Å². The van der Waals surface area contributed by atoms with E-state index in [1.807, 2.05) is 49.4 Å². The van der Waals surface area contributed by atoms with Crippen molar-refractivity contribution in [2.75, 3.05) is 6.61 Å². The summed E-state index contributed by atoms with van der Waals surface area (Å²) in [6, 6.07) is 12.8. The molecule has 0 saturated carbocycles. The summed E-state index contributed by atoms with van der Waals surface area (Å²) in [6.07, 6.45) is 0.928. The molecule has 1 aliphatic heterocycles. The van der Waals surface area contributed by atoms with Gasteiger partial charge in [-0.3, -0.25) is 9.59 Å². The number of carbonyl (C=O) groups is 2. The van der Waals surface area contributed by atoms with Gasteiger partial charge >= 0.3 is 5.97 Å². The predicted molar refractivity (Wildman–Crippen MR) is 93.7 cm³/mol.